The van der Waals surface area contributed by atoms with Crippen LogP contribution in [0.15, 0.2) is 30.3 Å². The maximum absolute atomic E-state index is 13.4. The molecule has 0 radical (unpaired) electrons. The second kappa shape index (κ2) is 9.20. The van der Waals surface area contributed by atoms with Crippen LogP contribution in [0.4, 0.5) is 13.2 Å². The Morgan fingerprint density at radius 2 is 1.76 bits per heavy atom. The lowest BCUT2D eigenvalue weighted by molar-refractivity contribution is -0.120. The maximum Gasteiger partial charge on any atom is 0.433 e. The van der Waals surface area contributed by atoms with Crippen molar-refractivity contribution in [1.29, 1.82) is 5.41 Å². The van der Waals surface area contributed by atoms with E-state index in [-0.39, 0.29) is 11.7 Å². The van der Waals surface area contributed by atoms with Gasteiger partial charge in [-0.2, -0.15) is 13.2 Å². The molecule has 0 heterocycles. The summed E-state index contributed by atoms with van der Waals surface area (Å²) in [6.45, 7) is 5.88. The van der Waals surface area contributed by atoms with Crippen LogP contribution in [0.25, 0.3) is 0 Å². The second-order valence-corrected chi connectivity index (χ2v) is 8.87. The van der Waals surface area contributed by atoms with Gasteiger partial charge in [-0.05, 0) is 54.0 Å². The van der Waals surface area contributed by atoms with Crippen LogP contribution in [-0.4, -0.2) is 22.9 Å². The van der Waals surface area contributed by atoms with Gasteiger partial charge < -0.3 is 10.8 Å². The molecule has 178 valence electrons. The molecule has 1 aliphatic rings. The van der Waals surface area contributed by atoms with Crippen LogP contribution in [0, 0.1) is 5.41 Å². The number of carbonyl (C=O) groups is 1. The first-order valence-corrected chi connectivity index (χ1v) is 11.5. The number of nitrogens with one attached hydrogen (secondary N) is 1. The third-order valence-electron chi connectivity index (χ3n) is 6.76. The molecule has 5 N–H and O–H groups in total. The maximum atomic E-state index is 13.4. The molecule has 0 spiro atoms. The number of carbonyl (C=O) groups excluding carboxylic acids is 1. The van der Waals surface area contributed by atoms with E-state index in [2.05, 4.69) is 0 Å². The van der Waals surface area contributed by atoms with E-state index in [1.54, 1.807) is 0 Å². The van der Waals surface area contributed by atoms with Crippen molar-refractivity contribution in [2.45, 2.75) is 76.8 Å². The first kappa shape index (κ1) is 24.8. The zero-order valence-electron chi connectivity index (χ0n) is 19.3. The van der Waals surface area contributed by atoms with Crippen molar-refractivity contribution in [3.05, 3.63) is 63.7 Å². The molecular weight excluding hydrogens is 429 g/mol. The standard InChI is InChI=1S/C26H31F3N2O2/c1-4-7-16-13-19(23(30)26(27,28)29)22(32)18(8-5-2)21(16)20-14-25(20,24(31)33)17-11-9-15(6-3)10-12-17/h9-13,20,30,32H,4-8,14H2,1-3H3,(H2,31,33)/p+1. The summed E-state index contributed by atoms with van der Waals surface area (Å²) >= 11 is 0. The molecule has 2 unspecified atom stereocenters. The summed E-state index contributed by atoms with van der Waals surface area (Å²) in [4.78, 5) is 12.7. The molecule has 2 aromatic carbocycles. The number of benzene rings is 2. The van der Waals surface area contributed by atoms with Crippen molar-refractivity contribution in [1.82, 2.24) is 0 Å². The fourth-order valence-corrected chi connectivity index (χ4v) is 4.97. The lowest BCUT2D eigenvalue weighted by atomic mass is 9.82. The second-order valence-electron chi connectivity index (χ2n) is 8.87. The molecule has 0 bridgehead atoms. The van der Waals surface area contributed by atoms with Crippen molar-refractivity contribution in [2.24, 2.45) is 5.73 Å². The van der Waals surface area contributed by atoms with E-state index in [1.165, 1.54) is 6.07 Å². The number of primary amides is 1. The Morgan fingerprint density at radius 3 is 2.24 bits per heavy atom. The lowest BCUT2D eigenvalue weighted by Gasteiger charge is -2.21. The van der Waals surface area contributed by atoms with Crippen LogP contribution in [0.3, 0.4) is 0 Å². The quantitative estimate of drug-likeness (QED) is 0.378. The van der Waals surface area contributed by atoms with Crippen LogP contribution in [-0.2, 0) is 29.5 Å². The van der Waals surface area contributed by atoms with Crippen LogP contribution >= 0.6 is 0 Å². The highest BCUT2D eigenvalue weighted by atomic mass is 19.4. The molecule has 2 aromatic rings. The number of rotatable bonds is 9. The Kier molecular flexibility index (Phi) is 6.91. The largest absolute Gasteiger partial charge is 0.593 e. The van der Waals surface area contributed by atoms with Gasteiger partial charge in [0.1, 0.15) is 5.56 Å². The fraction of sp³-hybridized carbons (Fsp3) is 0.462. The molecule has 2 atom stereocenters. The summed E-state index contributed by atoms with van der Waals surface area (Å²) in [5.74, 6) is -1.01. The molecule has 1 amide bonds. The zero-order chi connectivity index (χ0) is 24.6. The topological polar surface area (TPSA) is 89.8 Å². The monoisotopic (exact) mass is 461 g/mol. The smallest absolute Gasteiger partial charge is 0.433 e. The average molecular weight is 462 g/mol. The lowest BCUT2D eigenvalue weighted by Crippen LogP contribution is -2.30. The van der Waals surface area contributed by atoms with E-state index in [9.17, 15) is 18.0 Å². The molecule has 0 aromatic heterocycles. The van der Waals surface area contributed by atoms with Crippen molar-refractivity contribution in [2.75, 3.05) is 0 Å². The Labute approximate surface area is 192 Å². The minimum Gasteiger partial charge on any atom is -0.593 e. The van der Waals surface area contributed by atoms with Crippen molar-refractivity contribution >= 4 is 11.6 Å². The van der Waals surface area contributed by atoms with Gasteiger partial charge >= 0.3 is 6.18 Å². The summed E-state index contributed by atoms with van der Waals surface area (Å²) in [6, 6.07) is 9.12. The van der Waals surface area contributed by atoms with Gasteiger partial charge in [-0.15, -0.1) is 0 Å². The molecule has 1 aliphatic carbocycles. The summed E-state index contributed by atoms with van der Waals surface area (Å²) in [7, 11) is 0. The van der Waals surface area contributed by atoms with Crippen LogP contribution in [0.1, 0.15) is 79.3 Å². The third-order valence-corrected chi connectivity index (χ3v) is 6.76. The number of alkyl halides is 3. The van der Waals surface area contributed by atoms with E-state index < -0.39 is 28.8 Å². The number of hydrogen-bond acceptors (Lipinski definition) is 2. The minimum atomic E-state index is -4.83. The Balaban J connectivity index is 2.21. The SMILES string of the molecule is CCCc1cc(C(=N)C(F)(F)F)c([OH2+])c(CCC)c1C1CC1(C(N)=O)c1ccc(CC)cc1. The summed E-state index contributed by atoms with van der Waals surface area (Å²) in [5, 5.41) is 16.3. The molecule has 1 saturated carbocycles. The number of nitrogens with two attached hydrogens (primary N) is 1. The number of hydrogen-bond donors (Lipinski definition) is 2. The summed E-state index contributed by atoms with van der Waals surface area (Å²) in [6.07, 6.45) is -1.26. The first-order valence-electron chi connectivity index (χ1n) is 11.5. The number of halogens is 3. The van der Waals surface area contributed by atoms with Crippen molar-refractivity contribution in [3.8, 4) is 5.75 Å². The van der Waals surface area contributed by atoms with Crippen LogP contribution in [0.5, 0.6) is 5.75 Å². The highest BCUT2D eigenvalue weighted by Gasteiger charge is 2.62. The molecule has 0 aliphatic heterocycles. The normalized spacial score (nSPS) is 20.0. The Morgan fingerprint density at radius 1 is 1.15 bits per heavy atom. The van der Waals surface area contributed by atoms with Gasteiger partial charge in [0.2, 0.25) is 5.91 Å². The molecule has 3 rings (SSSR count). The van der Waals surface area contributed by atoms with Gasteiger partial charge in [0.25, 0.3) is 5.75 Å². The van der Waals surface area contributed by atoms with Gasteiger partial charge in [-0.3, -0.25) is 10.2 Å². The molecule has 4 nitrogen and oxygen atoms in total. The molecule has 7 heteroatoms. The van der Waals surface area contributed by atoms with Gasteiger partial charge in [-0.25, -0.2) is 0 Å². The van der Waals surface area contributed by atoms with Crippen molar-refractivity contribution in [3.63, 3.8) is 0 Å². The molecular formula is C26H32F3N2O2+. The Bertz CT molecular complexity index is 1060. The van der Waals surface area contributed by atoms with Gasteiger partial charge in [0.05, 0.1) is 11.0 Å². The third kappa shape index (κ3) is 4.37. The van der Waals surface area contributed by atoms with E-state index >= 15 is 0 Å². The predicted octanol–water partition coefficient (Wildman–Crippen LogP) is 5.43. The average Bonchev–Trinajstić information content (AvgIpc) is 3.51. The Hall–Kier alpha value is -2.83. The van der Waals surface area contributed by atoms with E-state index in [4.69, 9.17) is 16.2 Å². The molecule has 0 saturated heterocycles. The predicted molar refractivity (Wildman–Crippen MR) is 124 cm³/mol. The van der Waals surface area contributed by atoms with Gasteiger partial charge in [-0.1, -0.05) is 57.9 Å². The highest BCUT2D eigenvalue weighted by molar-refractivity contribution is 6.05. The van der Waals surface area contributed by atoms with Crippen molar-refractivity contribution < 1.29 is 23.1 Å². The zero-order valence-corrected chi connectivity index (χ0v) is 19.3. The number of aryl methyl sites for hydroxylation is 2. The minimum absolute atomic E-state index is 0.263. The van der Waals surface area contributed by atoms with Crippen LogP contribution in [0.2, 0.25) is 0 Å². The first-order chi connectivity index (χ1) is 15.5. The van der Waals surface area contributed by atoms with E-state index in [0.29, 0.717) is 43.2 Å². The van der Waals surface area contributed by atoms with Gasteiger partial charge in [0.15, 0.2) is 5.71 Å². The molecule has 1 fully saturated rings. The highest BCUT2D eigenvalue weighted by Crippen LogP contribution is 2.62. The summed E-state index contributed by atoms with van der Waals surface area (Å²) in [5.41, 5.74) is 7.00. The van der Waals surface area contributed by atoms with Gasteiger partial charge in [0, 0.05) is 5.92 Å². The van der Waals surface area contributed by atoms with Crippen LogP contribution < -0.4 is 5.73 Å². The summed E-state index contributed by atoms with van der Waals surface area (Å²) < 4.78 is 40.1. The van der Waals surface area contributed by atoms with E-state index in [0.717, 1.165) is 23.1 Å². The molecule has 33 heavy (non-hydrogen) atoms. The fourth-order valence-electron chi connectivity index (χ4n) is 4.97. The van der Waals surface area contributed by atoms with E-state index in [1.807, 2.05) is 45.0 Å². The number of amides is 1.